The maximum Gasteiger partial charge on any atom is 0.300 e. The van der Waals surface area contributed by atoms with E-state index in [9.17, 15) is 23.5 Å². The monoisotopic (exact) mass is 560 g/mol. The molecule has 0 radical (unpaired) electrons. The number of aliphatic hydroxyl groups excluding tert-OH is 1. The summed E-state index contributed by atoms with van der Waals surface area (Å²) in [5.74, 6) is -4.55. The maximum absolute atomic E-state index is 14.9. The number of carbonyl (C=O) groups excluding carboxylic acids is 2. The van der Waals surface area contributed by atoms with Gasteiger partial charge in [0.1, 0.15) is 23.1 Å². The van der Waals surface area contributed by atoms with Crippen molar-refractivity contribution in [3.63, 3.8) is 0 Å². The third kappa shape index (κ3) is 4.81. The summed E-state index contributed by atoms with van der Waals surface area (Å²) in [6, 6.07) is 11.0. The van der Waals surface area contributed by atoms with Crippen LogP contribution in [0, 0.1) is 11.6 Å². The Morgan fingerprint density at radius 1 is 1.03 bits per heavy atom. The van der Waals surface area contributed by atoms with Crippen molar-refractivity contribution in [2.24, 2.45) is 0 Å². The van der Waals surface area contributed by atoms with Gasteiger partial charge in [-0.2, -0.15) is 0 Å². The standard InChI is InChI=1S/C28H24Cl2F2N2O4/c1-4-33(5-2)18-9-6-15(7-10-18)24-23(25(35)19-12-16(29)13-20(30)27(19)38-3)26(36)28(37)34(24)22-14-17(31)8-11-21(22)32/h6-14,24,35H,4-5H2,1-3H3/b25-23+. The topological polar surface area (TPSA) is 70.1 Å². The minimum Gasteiger partial charge on any atom is -0.507 e. The molecule has 1 aliphatic heterocycles. The number of carbonyl (C=O) groups is 2. The van der Waals surface area contributed by atoms with E-state index >= 15 is 0 Å². The first kappa shape index (κ1) is 27.4. The summed E-state index contributed by atoms with van der Waals surface area (Å²) in [6.45, 7) is 5.50. The van der Waals surface area contributed by atoms with Crippen LogP contribution in [0.3, 0.4) is 0 Å². The molecule has 1 fully saturated rings. The summed E-state index contributed by atoms with van der Waals surface area (Å²) in [7, 11) is 1.32. The predicted molar refractivity (Wildman–Crippen MR) is 144 cm³/mol. The highest BCUT2D eigenvalue weighted by Gasteiger charge is 2.48. The molecule has 0 spiro atoms. The number of rotatable bonds is 7. The Labute approximate surface area is 228 Å². The van der Waals surface area contributed by atoms with Gasteiger partial charge in [-0.05, 0) is 55.8 Å². The van der Waals surface area contributed by atoms with E-state index in [0.717, 1.165) is 41.9 Å². The van der Waals surface area contributed by atoms with Crippen molar-refractivity contribution in [3.05, 3.63) is 93.0 Å². The number of anilines is 2. The number of hydrogen-bond acceptors (Lipinski definition) is 5. The van der Waals surface area contributed by atoms with E-state index < -0.39 is 40.8 Å². The fourth-order valence-corrected chi connectivity index (χ4v) is 5.18. The first-order valence-electron chi connectivity index (χ1n) is 11.8. The summed E-state index contributed by atoms with van der Waals surface area (Å²) in [4.78, 5) is 29.6. The largest absolute Gasteiger partial charge is 0.507 e. The molecule has 3 aromatic rings. The van der Waals surface area contributed by atoms with Gasteiger partial charge in [0.2, 0.25) is 0 Å². The van der Waals surface area contributed by atoms with Gasteiger partial charge in [0, 0.05) is 29.9 Å². The Balaban J connectivity index is 2.00. The number of ether oxygens (including phenoxy) is 1. The second-order valence-electron chi connectivity index (χ2n) is 8.50. The Morgan fingerprint density at radius 3 is 2.29 bits per heavy atom. The highest BCUT2D eigenvalue weighted by molar-refractivity contribution is 6.52. The highest BCUT2D eigenvalue weighted by Crippen LogP contribution is 2.45. The number of benzene rings is 3. The zero-order chi connectivity index (χ0) is 27.7. The lowest BCUT2D eigenvalue weighted by atomic mass is 9.94. The van der Waals surface area contributed by atoms with E-state index in [1.54, 1.807) is 24.3 Å². The number of methoxy groups -OCH3 is 1. The predicted octanol–water partition coefficient (Wildman–Crippen LogP) is 6.75. The van der Waals surface area contributed by atoms with Crippen LogP contribution in [-0.2, 0) is 9.59 Å². The molecule has 1 amide bonds. The van der Waals surface area contributed by atoms with Gasteiger partial charge in [0.05, 0.1) is 35.0 Å². The van der Waals surface area contributed by atoms with Crippen LogP contribution < -0.4 is 14.5 Å². The number of Topliss-reactive ketones (excluding diaryl/α,β-unsaturated/α-hetero) is 1. The lowest BCUT2D eigenvalue weighted by Crippen LogP contribution is -2.30. The molecule has 0 aromatic heterocycles. The summed E-state index contributed by atoms with van der Waals surface area (Å²) >= 11 is 12.4. The van der Waals surface area contributed by atoms with Gasteiger partial charge in [-0.25, -0.2) is 8.78 Å². The van der Waals surface area contributed by atoms with Crippen molar-refractivity contribution in [1.82, 2.24) is 0 Å². The van der Waals surface area contributed by atoms with E-state index in [-0.39, 0.29) is 26.9 Å². The Bertz CT molecular complexity index is 1440. The summed E-state index contributed by atoms with van der Waals surface area (Å²) in [5.41, 5.74) is 0.437. The molecule has 0 aliphatic carbocycles. The van der Waals surface area contributed by atoms with E-state index in [1.165, 1.54) is 19.2 Å². The molecule has 0 bridgehead atoms. The van der Waals surface area contributed by atoms with Gasteiger partial charge in [-0.15, -0.1) is 0 Å². The lowest BCUT2D eigenvalue weighted by molar-refractivity contribution is -0.132. The summed E-state index contributed by atoms with van der Waals surface area (Å²) in [6.07, 6.45) is 0. The van der Waals surface area contributed by atoms with Crippen LogP contribution in [0.5, 0.6) is 5.75 Å². The summed E-state index contributed by atoms with van der Waals surface area (Å²) in [5, 5.41) is 11.6. The molecular weight excluding hydrogens is 537 g/mol. The maximum atomic E-state index is 14.9. The van der Waals surface area contributed by atoms with Gasteiger partial charge in [-0.3, -0.25) is 14.5 Å². The molecule has 10 heteroatoms. The zero-order valence-corrected chi connectivity index (χ0v) is 22.3. The van der Waals surface area contributed by atoms with Crippen molar-refractivity contribution in [1.29, 1.82) is 0 Å². The second kappa shape index (κ2) is 11.0. The fraction of sp³-hybridized carbons (Fsp3) is 0.214. The van der Waals surface area contributed by atoms with Crippen molar-refractivity contribution in [2.45, 2.75) is 19.9 Å². The molecule has 38 heavy (non-hydrogen) atoms. The zero-order valence-electron chi connectivity index (χ0n) is 20.8. The Morgan fingerprint density at radius 2 is 1.68 bits per heavy atom. The number of ketones is 1. The molecule has 1 saturated heterocycles. The number of halogens is 4. The van der Waals surface area contributed by atoms with Crippen LogP contribution in [0.2, 0.25) is 10.0 Å². The lowest BCUT2D eigenvalue weighted by Gasteiger charge is -2.27. The van der Waals surface area contributed by atoms with E-state index in [2.05, 4.69) is 4.90 Å². The Kier molecular flexibility index (Phi) is 7.94. The molecule has 6 nitrogen and oxygen atoms in total. The molecule has 198 valence electrons. The van der Waals surface area contributed by atoms with Crippen LogP contribution in [0.1, 0.15) is 31.0 Å². The van der Waals surface area contributed by atoms with Crippen molar-refractivity contribution >= 4 is 52.0 Å². The van der Waals surface area contributed by atoms with Gasteiger partial charge in [0.25, 0.3) is 11.7 Å². The average Bonchev–Trinajstić information content (AvgIpc) is 3.16. The van der Waals surface area contributed by atoms with E-state index in [0.29, 0.717) is 5.56 Å². The normalized spacial score (nSPS) is 16.7. The van der Waals surface area contributed by atoms with Crippen molar-refractivity contribution in [2.75, 3.05) is 30.0 Å². The van der Waals surface area contributed by atoms with Gasteiger partial charge >= 0.3 is 0 Å². The molecule has 1 N–H and O–H groups in total. The number of nitrogens with zero attached hydrogens (tertiary/aromatic N) is 2. The minimum atomic E-state index is -1.29. The van der Waals surface area contributed by atoms with Crippen LogP contribution in [0.4, 0.5) is 20.2 Å². The third-order valence-electron chi connectivity index (χ3n) is 6.42. The van der Waals surface area contributed by atoms with Gasteiger partial charge in [0.15, 0.2) is 0 Å². The smallest absolute Gasteiger partial charge is 0.300 e. The second-order valence-corrected chi connectivity index (χ2v) is 9.34. The van der Waals surface area contributed by atoms with Crippen LogP contribution >= 0.6 is 23.2 Å². The van der Waals surface area contributed by atoms with Crippen LogP contribution in [0.15, 0.2) is 60.2 Å². The highest BCUT2D eigenvalue weighted by atomic mass is 35.5. The average molecular weight is 561 g/mol. The molecule has 1 atom stereocenters. The molecule has 1 heterocycles. The third-order valence-corrected chi connectivity index (χ3v) is 6.92. The van der Waals surface area contributed by atoms with Crippen molar-refractivity contribution in [3.8, 4) is 5.75 Å². The minimum absolute atomic E-state index is 0.0207. The number of hydrogen-bond donors (Lipinski definition) is 1. The van der Waals surface area contributed by atoms with E-state index in [4.69, 9.17) is 27.9 Å². The molecule has 1 aliphatic rings. The molecule has 0 saturated carbocycles. The quantitative estimate of drug-likeness (QED) is 0.196. The fourth-order valence-electron chi connectivity index (χ4n) is 4.61. The number of aliphatic hydroxyl groups is 1. The molecule has 4 rings (SSSR count). The SMILES string of the molecule is CCN(CC)c1ccc(C2/C(=C(\O)c3cc(Cl)cc(Cl)c3OC)C(=O)C(=O)N2c2cc(F)ccc2F)cc1. The summed E-state index contributed by atoms with van der Waals surface area (Å²) < 4.78 is 34.4. The first-order chi connectivity index (χ1) is 18.1. The Hall–Kier alpha value is -3.62. The molecule has 3 aromatic carbocycles. The van der Waals surface area contributed by atoms with Gasteiger partial charge < -0.3 is 14.7 Å². The number of amides is 1. The molecular formula is C28H24Cl2F2N2O4. The van der Waals surface area contributed by atoms with Gasteiger partial charge in [-0.1, -0.05) is 35.3 Å². The van der Waals surface area contributed by atoms with Crippen LogP contribution in [0.25, 0.3) is 5.76 Å². The van der Waals surface area contributed by atoms with Crippen molar-refractivity contribution < 1.29 is 28.2 Å². The molecule has 1 unspecified atom stereocenters. The van der Waals surface area contributed by atoms with Crippen LogP contribution in [-0.4, -0.2) is 37.0 Å². The van der Waals surface area contributed by atoms with E-state index in [1.807, 2.05) is 13.8 Å². The first-order valence-corrected chi connectivity index (χ1v) is 12.5.